The molecular formula is C8H6BrN3O2. The van der Waals surface area contributed by atoms with Crippen LogP contribution in [0.25, 0.3) is 5.65 Å². The van der Waals surface area contributed by atoms with Gasteiger partial charge in [-0.05, 0) is 28.1 Å². The molecule has 0 fully saturated rings. The third kappa shape index (κ3) is 1.60. The Balaban J connectivity index is 2.55. The SMILES string of the molecule is O=[N+]([O-])Cc1cnc2ccc(Br)cn12. The molecule has 6 heteroatoms. The Labute approximate surface area is 87.7 Å². The quantitative estimate of drug-likeness (QED) is 0.608. The van der Waals surface area contributed by atoms with Crippen molar-refractivity contribution in [1.82, 2.24) is 9.38 Å². The number of fused-ring (bicyclic) bond motifs is 1. The Bertz CT molecular complexity index is 494. The summed E-state index contributed by atoms with van der Waals surface area (Å²) in [5.41, 5.74) is 1.29. The molecule has 0 unspecified atom stereocenters. The summed E-state index contributed by atoms with van der Waals surface area (Å²) in [5.74, 6) is 0. The molecule has 2 rings (SSSR count). The minimum atomic E-state index is -0.371. The first-order chi connectivity index (χ1) is 6.66. The van der Waals surface area contributed by atoms with Crippen molar-refractivity contribution in [3.05, 3.63) is 44.8 Å². The maximum Gasteiger partial charge on any atom is 0.245 e. The van der Waals surface area contributed by atoms with Crippen LogP contribution in [0, 0.1) is 10.1 Å². The molecule has 0 saturated carbocycles. The first-order valence-electron chi connectivity index (χ1n) is 3.90. The van der Waals surface area contributed by atoms with E-state index in [0.29, 0.717) is 11.3 Å². The van der Waals surface area contributed by atoms with E-state index in [1.54, 1.807) is 16.7 Å². The van der Waals surface area contributed by atoms with Gasteiger partial charge in [0.15, 0.2) is 0 Å². The third-order valence-electron chi connectivity index (χ3n) is 1.84. The number of hydrogen-bond donors (Lipinski definition) is 0. The number of aromatic nitrogens is 2. The summed E-state index contributed by atoms with van der Waals surface area (Å²) in [7, 11) is 0. The Morgan fingerprint density at radius 2 is 2.36 bits per heavy atom. The van der Waals surface area contributed by atoms with Crippen LogP contribution in [0.2, 0.25) is 0 Å². The second-order valence-electron chi connectivity index (χ2n) is 2.82. The average molecular weight is 256 g/mol. The maximum atomic E-state index is 10.3. The number of nitrogens with zero attached hydrogens (tertiary/aromatic N) is 3. The van der Waals surface area contributed by atoms with E-state index in [9.17, 15) is 10.1 Å². The van der Waals surface area contributed by atoms with Crippen molar-refractivity contribution in [2.75, 3.05) is 0 Å². The largest absolute Gasteiger partial charge is 0.297 e. The molecule has 2 heterocycles. The van der Waals surface area contributed by atoms with Crippen LogP contribution in [0.3, 0.4) is 0 Å². The van der Waals surface area contributed by atoms with Gasteiger partial charge in [-0.25, -0.2) is 4.98 Å². The number of halogens is 1. The zero-order valence-electron chi connectivity index (χ0n) is 7.05. The molecule has 2 aromatic rings. The van der Waals surface area contributed by atoms with E-state index < -0.39 is 0 Å². The molecule has 0 aromatic carbocycles. The molecule has 0 spiro atoms. The van der Waals surface area contributed by atoms with E-state index in [1.165, 1.54) is 6.20 Å². The summed E-state index contributed by atoms with van der Waals surface area (Å²) in [6.45, 7) is -0.211. The van der Waals surface area contributed by atoms with Crippen molar-refractivity contribution in [3.63, 3.8) is 0 Å². The van der Waals surface area contributed by atoms with E-state index in [1.807, 2.05) is 6.07 Å². The van der Waals surface area contributed by atoms with E-state index in [0.717, 1.165) is 4.47 Å². The van der Waals surface area contributed by atoms with Crippen LogP contribution >= 0.6 is 15.9 Å². The summed E-state index contributed by atoms with van der Waals surface area (Å²) in [6.07, 6.45) is 3.28. The van der Waals surface area contributed by atoms with Gasteiger partial charge in [0.05, 0.1) is 6.20 Å². The predicted molar refractivity (Wildman–Crippen MR) is 53.6 cm³/mol. The molecule has 0 amide bonds. The Morgan fingerprint density at radius 1 is 1.57 bits per heavy atom. The summed E-state index contributed by atoms with van der Waals surface area (Å²) in [6, 6.07) is 3.64. The van der Waals surface area contributed by atoms with Crippen LogP contribution in [-0.2, 0) is 6.54 Å². The lowest BCUT2D eigenvalue weighted by Gasteiger charge is -1.97. The molecule has 0 aliphatic rings. The highest BCUT2D eigenvalue weighted by atomic mass is 79.9. The summed E-state index contributed by atoms with van der Waals surface area (Å²) >= 11 is 3.30. The number of rotatable bonds is 2. The van der Waals surface area contributed by atoms with Crippen molar-refractivity contribution in [1.29, 1.82) is 0 Å². The van der Waals surface area contributed by atoms with Gasteiger partial charge < -0.3 is 0 Å². The highest BCUT2D eigenvalue weighted by Gasteiger charge is 2.08. The van der Waals surface area contributed by atoms with E-state index >= 15 is 0 Å². The molecule has 72 valence electrons. The molecule has 0 bridgehead atoms. The molecule has 0 aliphatic heterocycles. The molecule has 14 heavy (non-hydrogen) atoms. The first-order valence-corrected chi connectivity index (χ1v) is 4.69. The molecule has 0 aliphatic carbocycles. The van der Waals surface area contributed by atoms with Gasteiger partial charge in [-0.1, -0.05) is 0 Å². The van der Waals surface area contributed by atoms with Crippen molar-refractivity contribution in [2.24, 2.45) is 0 Å². The van der Waals surface area contributed by atoms with E-state index in [-0.39, 0.29) is 11.5 Å². The average Bonchev–Trinajstić information content (AvgIpc) is 2.47. The molecule has 0 saturated heterocycles. The van der Waals surface area contributed by atoms with Crippen LogP contribution in [-0.4, -0.2) is 14.3 Å². The second-order valence-corrected chi connectivity index (χ2v) is 3.73. The van der Waals surface area contributed by atoms with Crippen molar-refractivity contribution in [3.8, 4) is 0 Å². The van der Waals surface area contributed by atoms with Crippen LogP contribution in [0.5, 0.6) is 0 Å². The zero-order chi connectivity index (χ0) is 10.1. The number of hydrogen-bond acceptors (Lipinski definition) is 3. The summed E-state index contributed by atoms with van der Waals surface area (Å²) in [5, 5.41) is 10.3. The Hall–Kier alpha value is -1.43. The Kier molecular flexibility index (Phi) is 2.20. The fourth-order valence-corrected chi connectivity index (χ4v) is 1.59. The molecular weight excluding hydrogens is 250 g/mol. The lowest BCUT2D eigenvalue weighted by atomic mass is 10.4. The lowest BCUT2D eigenvalue weighted by molar-refractivity contribution is -0.497. The minimum Gasteiger partial charge on any atom is -0.297 e. The van der Waals surface area contributed by atoms with Crippen molar-refractivity contribution < 1.29 is 4.92 Å². The van der Waals surface area contributed by atoms with Gasteiger partial charge in [-0.2, -0.15) is 0 Å². The predicted octanol–water partition coefficient (Wildman–Crippen LogP) is 1.87. The molecule has 0 atom stereocenters. The molecule has 5 nitrogen and oxygen atoms in total. The summed E-state index contributed by atoms with van der Waals surface area (Å²) in [4.78, 5) is 14.0. The van der Waals surface area contributed by atoms with Crippen molar-refractivity contribution >= 4 is 21.6 Å². The first kappa shape index (κ1) is 9.14. The van der Waals surface area contributed by atoms with Gasteiger partial charge in [0.1, 0.15) is 11.3 Å². The monoisotopic (exact) mass is 255 g/mol. The van der Waals surface area contributed by atoms with Gasteiger partial charge in [0.2, 0.25) is 6.54 Å². The van der Waals surface area contributed by atoms with Crippen LogP contribution in [0.15, 0.2) is 29.0 Å². The number of imidazole rings is 1. The molecule has 0 N–H and O–H groups in total. The third-order valence-corrected chi connectivity index (χ3v) is 2.31. The van der Waals surface area contributed by atoms with Gasteiger partial charge in [-0.15, -0.1) is 0 Å². The van der Waals surface area contributed by atoms with Gasteiger partial charge in [0.25, 0.3) is 0 Å². The fourth-order valence-electron chi connectivity index (χ4n) is 1.25. The van der Waals surface area contributed by atoms with E-state index in [4.69, 9.17) is 0 Å². The highest BCUT2D eigenvalue weighted by molar-refractivity contribution is 9.10. The Morgan fingerprint density at radius 3 is 3.07 bits per heavy atom. The smallest absolute Gasteiger partial charge is 0.245 e. The number of pyridine rings is 1. The topological polar surface area (TPSA) is 60.4 Å². The standard InChI is InChI=1S/C8H6BrN3O2/c9-6-1-2-8-10-3-7(5-12(13)14)11(8)4-6/h1-4H,5H2. The zero-order valence-corrected chi connectivity index (χ0v) is 8.64. The van der Waals surface area contributed by atoms with Crippen LogP contribution < -0.4 is 0 Å². The maximum absolute atomic E-state index is 10.3. The van der Waals surface area contributed by atoms with Gasteiger partial charge >= 0.3 is 0 Å². The summed E-state index contributed by atoms with van der Waals surface area (Å²) < 4.78 is 2.57. The van der Waals surface area contributed by atoms with Gasteiger partial charge in [-0.3, -0.25) is 14.5 Å². The van der Waals surface area contributed by atoms with Crippen molar-refractivity contribution in [2.45, 2.75) is 6.54 Å². The van der Waals surface area contributed by atoms with Crippen LogP contribution in [0.4, 0.5) is 0 Å². The lowest BCUT2D eigenvalue weighted by Crippen LogP contribution is -2.01. The fraction of sp³-hybridized carbons (Fsp3) is 0.125. The highest BCUT2D eigenvalue weighted by Crippen LogP contribution is 2.13. The van der Waals surface area contributed by atoms with Gasteiger partial charge in [0, 0.05) is 15.6 Å². The molecule has 2 aromatic heterocycles. The second kappa shape index (κ2) is 3.38. The number of nitro groups is 1. The van der Waals surface area contributed by atoms with E-state index in [2.05, 4.69) is 20.9 Å². The van der Waals surface area contributed by atoms with Crippen LogP contribution in [0.1, 0.15) is 5.69 Å². The normalized spacial score (nSPS) is 10.6. The molecule has 0 radical (unpaired) electrons. The minimum absolute atomic E-state index is 0.211.